The van der Waals surface area contributed by atoms with Crippen molar-refractivity contribution in [2.45, 2.75) is 0 Å². The largest absolute Gasteiger partial charge is 0.263 e. The predicted molar refractivity (Wildman–Crippen MR) is 240 cm³/mol. The summed E-state index contributed by atoms with van der Waals surface area (Å²) in [5.41, 5.74) is 15.4. The number of rotatable bonds is 6. The van der Waals surface area contributed by atoms with Gasteiger partial charge in [-0.25, -0.2) is 20.0 Å². The summed E-state index contributed by atoms with van der Waals surface area (Å²) < 4.78 is 0. The molecular formula is C52H32N8. The van der Waals surface area contributed by atoms with Crippen LogP contribution in [0.25, 0.3) is 66.6 Å². The monoisotopic (exact) mass is 768 g/mol. The summed E-state index contributed by atoms with van der Waals surface area (Å²) in [5.74, 6) is 0. The Morgan fingerprint density at radius 2 is 0.717 bits per heavy atom. The van der Waals surface area contributed by atoms with Crippen LogP contribution in [0, 0.1) is 0 Å². The van der Waals surface area contributed by atoms with Gasteiger partial charge in [-0.1, -0.05) is 97.1 Å². The molecule has 10 aromatic rings. The van der Waals surface area contributed by atoms with Crippen LogP contribution < -0.4 is 0 Å². The van der Waals surface area contributed by atoms with Gasteiger partial charge in [-0.15, -0.1) is 0 Å². The van der Waals surface area contributed by atoms with E-state index in [2.05, 4.69) is 105 Å². The van der Waals surface area contributed by atoms with Gasteiger partial charge in [0, 0.05) is 81.3 Å². The number of hydrogen-bond acceptors (Lipinski definition) is 8. The van der Waals surface area contributed by atoms with Crippen LogP contribution in [0.1, 0.15) is 22.5 Å². The molecule has 0 atom stereocenters. The van der Waals surface area contributed by atoms with Crippen LogP contribution >= 0.6 is 0 Å². The summed E-state index contributed by atoms with van der Waals surface area (Å²) in [4.78, 5) is 39.6. The molecule has 0 aliphatic carbocycles. The van der Waals surface area contributed by atoms with Crippen molar-refractivity contribution < 1.29 is 0 Å². The fraction of sp³-hybridized carbons (Fsp3) is 0. The topological polar surface area (TPSA) is 102 Å². The van der Waals surface area contributed by atoms with Crippen molar-refractivity contribution in [3.63, 3.8) is 0 Å². The molecular weight excluding hydrogens is 737 g/mol. The molecule has 0 saturated carbocycles. The lowest BCUT2D eigenvalue weighted by atomic mass is 9.97. The standard InChI is InChI=1S/C52H32N8/c1-3-13-45-37(9-1)27-47-51(57-45)49(35-19-15-33(16-20-35)39-25-41(31-53-29-39)43-11-5-7-23-55-43)60-48-28-38-10-2-4-14-46(38)58-52(48)50(59-47)36-21-17-34(18-22-36)40-26-42(32-54-30-40)44-12-6-8-24-56-44/h1-32H/b51-49?,52-50?,59-47?,59-50-,60-48?,60-49-. The van der Waals surface area contributed by atoms with Crippen LogP contribution in [-0.4, -0.2) is 41.3 Å². The number of aromatic nitrogens is 6. The van der Waals surface area contributed by atoms with E-state index in [4.69, 9.17) is 20.0 Å². The Morgan fingerprint density at radius 1 is 0.317 bits per heavy atom. The molecule has 0 N–H and O–H groups in total. The number of hydrogen-bond donors (Lipinski definition) is 0. The highest BCUT2D eigenvalue weighted by molar-refractivity contribution is 6.22. The molecule has 60 heavy (non-hydrogen) atoms. The summed E-state index contributed by atoms with van der Waals surface area (Å²) in [6.45, 7) is 0. The van der Waals surface area contributed by atoms with Gasteiger partial charge in [0.25, 0.3) is 0 Å². The minimum absolute atomic E-state index is 0.686. The molecule has 8 nitrogen and oxygen atoms in total. The molecule has 1 aliphatic heterocycles. The van der Waals surface area contributed by atoms with Crippen LogP contribution in [0.5, 0.6) is 0 Å². The first kappa shape index (κ1) is 34.9. The Hall–Kier alpha value is -8.36. The van der Waals surface area contributed by atoms with Crippen molar-refractivity contribution in [1.82, 2.24) is 29.9 Å². The van der Waals surface area contributed by atoms with E-state index in [0.717, 1.165) is 77.7 Å². The van der Waals surface area contributed by atoms with E-state index in [1.165, 1.54) is 0 Å². The third-order valence-electron chi connectivity index (χ3n) is 10.7. The highest BCUT2D eigenvalue weighted by Gasteiger charge is 2.24. The molecule has 4 aromatic carbocycles. The maximum absolute atomic E-state index is 5.48. The second kappa shape index (κ2) is 14.9. The van der Waals surface area contributed by atoms with Gasteiger partial charge in [-0.2, -0.15) is 0 Å². The third kappa shape index (κ3) is 6.58. The quantitative estimate of drug-likeness (QED) is 0.167. The van der Waals surface area contributed by atoms with Gasteiger partial charge in [-0.05, 0) is 71.8 Å². The number of pyridine rings is 6. The lowest BCUT2D eigenvalue weighted by molar-refractivity contribution is 1.27. The van der Waals surface area contributed by atoms with E-state index in [-0.39, 0.29) is 0 Å². The Kier molecular flexibility index (Phi) is 8.63. The van der Waals surface area contributed by atoms with Crippen LogP contribution in [0.3, 0.4) is 0 Å². The van der Waals surface area contributed by atoms with Gasteiger partial charge in [0.1, 0.15) is 11.4 Å². The number of aliphatic imine (C=N–C) groups is 2. The first-order valence-electron chi connectivity index (χ1n) is 19.6. The highest BCUT2D eigenvalue weighted by Crippen LogP contribution is 2.36. The molecule has 0 saturated heterocycles. The summed E-state index contributed by atoms with van der Waals surface area (Å²) in [6, 6.07) is 53.3. The second-order valence-corrected chi connectivity index (χ2v) is 14.5. The average Bonchev–Trinajstić information content (AvgIpc) is 3.32. The highest BCUT2D eigenvalue weighted by atomic mass is 14.9. The summed E-state index contributed by atoms with van der Waals surface area (Å²) in [5, 5.41) is 1.97. The van der Waals surface area contributed by atoms with Crippen LogP contribution in [0.15, 0.2) is 205 Å². The van der Waals surface area contributed by atoms with Crippen molar-refractivity contribution in [3.05, 3.63) is 217 Å². The fourth-order valence-corrected chi connectivity index (χ4v) is 7.66. The number of benzene rings is 4. The average molecular weight is 769 g/mol. The van der Waals surface area contributed by atoms with Gasteiger partial charge in [0.05, 0.1) is 45.2 Å². The molecule has 0 bridgehead atoms. The molecule has 7 heterocycles. The normalized spacial score (nSPS) is 13.9. The zero-order valence-electron chi connectivity index (χ0n) is 32.1. The van der Waals surface area contributed by atoms with Crippen molar-refractivity contribution in [2.24, 2.45) is 9.98 Å². The molecule has 6 aromatic heterocycles. The van der Waals surface area contributed by atoms with Crippen molar-refractivity contribution in [1.29, 1.82) is 0 Å². The third-order valence-corrected chi connectivity index (χ3v) is 10.7. The smallest absolute Gasteiger partial charge is 0.116 e. The summed E-state index contributed by atoms with van der Waals surface area (Å²) >= 11 is 0. The summed E-state index contributed by atoms with van der Waals surface area (Å²) in [6.07, 6.45) is 11.0. The van der Waals surface area contributed by atoms with Crippen LogP contribution in [0.2, 0.25) is 0 Å². The molecule has 1 aliphatic rings. The minimum Gasteiger partial charge on any atom is -0.263 e. The SMILES string of the molecule is c1ccc(-c2cncc(-c3ccc(/C4=N/c5cc6ccccc6nc5/C(c5ccc(-c6cncc(-c7ccccn7)c6)cc5)=N\c5cc6ccccc6nc54)cc3)c2)nc1. The predicted octanol–water partition coefficient (Wildman–Crippen LogP) is 11.7. The number of fused-ring (bicyclic) bond motifs is 4. The van der Waals surface area contributed by atoms with E-state index < -0.39 is 0 Å². The van der Waals surface area contributed by atoms with Gasteiger partial charge < -0.3 is 0 Å². The van der Waals surface area contributed by atoms with Crippen LogP contribution in [0.4, 0.5) is 11.4 Å². The Bertz CT molecular complexity index is 3070. The first-order chi connectivity index (χ1) is 29.7. The zero-order valence-corrected chi connectivity index (χ0v) is 32.1. The van der Waals surface area contributed by atoms with Gasteiger partial charge >= 0.3 is 0 Å². The van der Waals surface area contributed by atoms with Crippen molar-refractivity contribution >= 4 is 44.6 Å². The van der Waals surface area contributed by atoms with Gasteiger partial charge in [0.2, 0.25) is 0 Å². The zero-order chi connectivity index (χ0) is 39.8. The van der Waals surface area contributed by atoms with Crippen LogP contribution in [-0.2, 0) is 0 Å². The van der Waals surface area contributed by atoms with Crippen molar-refractivity contribution in [2.75, 3.05) is 0 Å². The maximum atomic E-state index is 5.48. The molecule has 11 rings (SSSR count). The van der Waals surface area contributed by atoms with Crippen molar-refractivity contribution in [3.8, 4) is 44.8 Å². The lowest BCUT2D eigenvalue weighted by Gasteiger charge is -2.18. The minimum atomic E-state index is 0.686. The van der Waals surface area contributed by atoms with Gasteiger partial charge in [0.15, 0.2) is 0 Å². The number of para-hydroxylation sites is 2. The maximum Gasteiger partial charge on any atom is 0.116 e. The molecule has 0 amide bonds. The first-order valence-corrected chi connectivity index (χ1v) is 19.6. The van der Waals surface area contributed by atoms with E-state index in [1.807, 2.05) is 97.6 Å². The second-order valence-electron chi connectivity index (χ2n) is 14.5. The van der Waals surface area contributed by atoms with Gasteiger partial charge in [-0.3, -0.25) is 19.9 Å². The van der Waals surface area contributed by atoms with E-state index >= 15 is 0 Å². The molecule has 0 unspecified atom stereocenters. The molecule has 8 heteroatoms. The Labute approximate surface area is 345 Å². The lowest BCUT2D eigenvalue weighted by Crippen LogP contribution is -2.13. The molecule has 0 spiro atoms. The Balaban J connectivity index is 1.05. The molecule has 280 valence electrons. The van der Waals surface area contributed by atoms with E-state index in [9.17, 15) is 0 Å². The molecule has 0 radical (unpaired) electrons. The van der Waals surface area contributed by atoms with E-state index in [0.29, 0.717) is 34.2 Å². The summed E-state index contributed by atoms with van der Waals surface area (Å²) in [7, 11) is 0. The Morgan fingerprint density at radius 3 is 1.15 bits per heavy atom. The van der Waals surface area contributed by atoms with E-state index in [1.54, 1.807) is 12.4 Å². The number of nitrogens with zero attached hydrogens (tertiary/aromatic N) is 8. The fourth-order valence-electron chi connectivity index (χ4n) is 7.66. The molecule has 0 fully saturated rings.